The van der Waals surface area contributed by atoms with Gasteiger partial charge in [0.05, 0.1) is 0 Å². The molecule has 0 aromatic heterocycles. The quantitative estimate of drug-likeness (QED) is 0.663. The zero-order valence-electron chi connectivity index (χ0n) is 7.21. The summed E-state index contributed by atoms with van der Waals surface area (Å²) in [7, 11) is 0. The van der Waals surface area contributed by atoms with Crippen LogP contribution in [0, 0.1) is 0 Å². The van der Waals surface area contributed by atoms with Gasteiger partial charge in [-0.05, 0) is 18.1 Å². The second kappa shape index (κ2) is 3.86. The molecule has 0 saturated heterocycles. The van der Waals surface area contributed by atoms with Gasteiger partial charge in [-0.1, -0.05) is 36.9 Å². The number of Topliss-reactive ketones (excluding diaryl/α,β-unsaturated/α-hetero) is 1. The van der Waals surface area contributed by atoms with E-state index in [1.165, 1.54) is 0 Å². The fourth-order valence-electron chi connectivity index (χ4n) is 1.06. The van der Waals surface area contributed by atoms with Gasteiger partial charge in [0.1, 0.15) is 5.78 Å². The van der Waals surface area contributed by atoms with Crippen LogP contribution in [0.25, 0.3) is 6.08 Å². The first-order valence-corrected chi connectivity index (χ1v) is 3.93. The predicted octanol–water partition coefficient (Wildman–Crippen LogP) is 2.46. The van der Waals surface area contributed by atoms with Crippen molar-refractivity contribution < 1.29 is 4.79 Å². The van der Waals surface area contributed by atoms with Crippen LogP contribution in [0.2, 0.25) is 0 Å². The number of carbonyl (C=O) groups excluding carboxylic acids is 1. The molecule has 1 aromatic rings. The molecular formula is C11H12O. The van der Waals surface area contributed by atoms with E-state index in [1.807, 2.05) is 24.3 Å². The lowest BCUT2D eigenvalue weighted by Gasteiger charge is -1.97. The van der Waals surface area contributed by atoms with Crippen molar-refractivity contribution in [1.29, 1.82) is 0 Å². The van der Waals surface area contributed by atoms with E-state index in [9.17, 15) is 4.79 Å². The van der Waals surface area contributed by atoms with E-state index in [-0.39, 0.29) is 5.78 Å². The SMILES string of the molecule is C=Cc1ccc(CC(C)=O)cc1. The van der Waals surface area contributed by atoms with E-state index in [4.69, 9.17) is 0 Å². The highest BCUT2D eigenvalue weighted by Gasteiger charge is 1.95. The van der Waals surface area contributed by atoms with Crippen molar-refractivity contribution in [3.63, 3.8) is 0 Å². The number of hydrogen-bond acceptors (Lipinski definition) is 1. The molecule has 1 rings (SSSR count). The Morgan fingerprint density at radius 2 is 2.00 bits per heavy atom. The van der Waals surface area contributed by atoms with Gasteiger partial charge in [0.25, 0.3) is 0 Å². The number of ketones is 1. The average molecular weight is 160 g/mol. The van der Waals surface area contributed by atoms with Crippen LogP contribution < -0.4 is 0 Å². The summed E-state index contributed by atoms with van der Waals surface area (Å²) in [6.45, 7) is 5.25. The maximum absolute atomic E-state index is 10.7. The van der Waals surface area contributed by atoms with Gasteiger partial charge < -0.3 is 0 Å². The van der Waals surface area contributed by atoms with E-state index in [2.05, 4.69) is 6.58 Å². The van der Waals surface area contributed by atoms with Crippen molar-refractivity contribution >= 4 is 11.9 Å². The van der Waals surface area contributed by atoms with Crippen molar-refractivity contribution in [3.8, 4) is 0 Å². The van der Waals surface area contributed by atoms with Gasteiger partial charge in [0.15, 0.2) is 0 Å². The number of benzene rings is 1. The van der Waals surface area contributed by atoms with E-state index in [0.717, 1.165) is 11.1 Å². The highest BCUT2D eigenvalue weighted by Crippen LogP contribution is 2.06. The minimum absolute atomic E-state index is 0.196. The Kier molecular flexibility index (Phi) is 2.81. The van der Waals surface area contributed by atoms with Crippen LogP contribution in [0.15, 0.2) is 30.8 Å². The molecule has 12 heavy (non-hydrogen) atoms. The van der Waals surface area contributed by atoms with Gasteiger partial charge in [-0.15, -0.1) is 0 Å². The first-order valence-electron chi connectivity index (χ1n) is 3.93. The summed E-state index contributed by atoms with van der Waals surface area (Å²) in [5.41, 5.74) is 2.15. The van der Waals surface area contributed by atoms with Gasteiger partial charge in [-0.3, -0.25) is 4.79 Å². The summed E-state index contributed by atoms with van der Waals surface area (Å²) in [6.07, 6.45) is 2.31. The van der Waals surface area contributed by atoms with E-state index in [1.54, 1.807) is 13.0 Å². The summed E-state index contributed by atoms with van der Waals surface area (Å²) < 4.78 is 0. The van der Waals surface area contributed by atoms with Crippen LogP contribution in [-0.2, 0) is 11.2 Å². The fraction of sp³-hybridized carbons (Fsp3) is 0.182. The van der Waals surface area contributed by atoms with Crippen molar-refractivity contribution in [2.75, 3.05) is 0 Å². The van der Waals surface area contributed by atoms with Crippen LogP contribution in [0.4, 0.5) is 0 Å². The number of rotatable bonds is 3. The average Bonchev–Trinajstić information content (AvgIpc) is 2.05. The second-order valence-electron chi connectivity index (χ2n) is 2.82. The lowest BCUT2D eigenvalue weighted by molar-refractivity contribution is -0.116. The lowest BCUT2D eigenvalue weighted by atomic mass is 10.1. The Morgan fingerprint density at radius 3 is 2.42 bits per heavy atom. The summed E-state index contributed by atoms with van der Waals surface area (Å²) in [6, 6.07) is 7.84. The molecule has 0 aliphatic rings. The van der Waals surface area contributed by atoms with Crippen molar-refractivity contribution in [2.45, 2.75) is 13.3 Å². The molecule has 0 aliphatic carbocycles. The van der Waals surface area contributed by atoms with Crippen molar-refractivity contribution in [3.05, 3.63) is 42.0 Å². The molecule has 0 fully saturated rings. The fourth-order valence-corrected chi connectivity index (χ4v) is 1.06. The van der Waals surface area contributed by atoms with Crippen LogP contribution in [0.3, 0.4) is 0 Å². The third kappa shape index (κ3) is 2.35. The summed E-state index contributed by atoms with van der Waals surface area (Å²) >= 11 is 0. The Labute approximate surface area is 72.7 Å². The normalized spacial score (nSPS) is 9.42. The highest BCUT2D eigenvalue weighted by atomic mass is 16.1. The highest BCUT2D eigenvalue weighted by molar-refractivity contribution is 5.78. The molecular weight excluding hydrogens is 148 g/mol. The Morgan fingerprint density at radius 1 is 1.42 bits per heavy atom. The molecule has 62 valence electrons. The zero-order chi connectivity index (χ0) is 8.97. The van der Waals surface area contributed by atoms with E-state index in [0.29, 0.717) is 6.42 Å². The molecule has 0 amide bonds. The lowest BCUT2D eigenvalue weighted by Crippen LogP contribution is -1.95. The summed E-state index contributed by atoms with van der Waals surface area (Å²) in [5.74, 6) is 0.196. The van der Waals surface area contributed by atoms with Crippen LogP contribution >= 0.6 is 0 Å². The first-order chi connectivity index (χ1) is 5.72. The van der Waals surface area contributed by atoms with E-state index < -0.39 is 0 Å². The molecule has 0 heterocycles. The third-order valence-electron chi connectivity index (χ3n) is 1.67. The van der Waals surface area contributed by atoms with Crippen molar-refractivity contribution in [1.82, 2.24) is 0 Å². The maximum Gasteiger partial charge on any atom is 0.134 e. The molecule has 0 spiro atoms. The molecule has 0 aliphatic heterocycles. The molecule has 0 radical (unpaired) electrons. The summed E-state index contributed by atoms with van der Waals surface area (Å²) in [5, 5.41) is 0. The van der Waals surface area contributed by atoms with Crippen LogP contribution in [0.5, 0.6) is 0 Å². The van der Waals surface area contributed by atoms with Crippen LogP contribution in [-0.4, -0.2) is 5.78 Å². The van der Waals surface area contributed by atoms with Gasteiger partial charge >= 0.3 is 0 Å². The molecule has 0 unspecified atom stereocenters. The topological polar surface area (TPSA) is 17.1 Å². The molecule has 1 aromatic carbocycles. The minimum Gasteiger partial charge on any atom is -0.300 e. The first kappa shape index (κ1) is 8.72. The molecule has 1 heteroatoms. The Balaban J connectivity index is 2.77. The van der Waals surface area contributed by atoms with E-state index >= 15 is 0 Å². The predicted molar refractivity (Wildman–Crippen MR) is 50.9 cm³/mol. The summed E-state index contributed by atoms with van der Waals surface area (Å²) in [4.78, 5) is 10.7. The molecule has 0 atom stereocenters. The second-order valence-corrected chi connectivity index (χ2v) is 2.82. The third-order valence-corrected chi connectivity index (χ3v) is 1.67. The minimum atomic E-state index is 0.196. The van der Waals surface area contributed by atoms with Gasteiger partial charge in [0, 0.05) is 6.42 Å². The maximum atomic E-state index is 10.7. The number of hydrogen-bond donors (Lipinski definition) is 0. The molecule has 0 N–H and O–H groups in total. The van der Waals surface area contributed by atoms with Crippen LogP contribution in [0.1, 0.15) is 18.1 Å². The molecule has 0 bridgehead atoms. The van der Waals surface area contributed by atoms with Gasteiger partial charge in [-0.2, -0.15) is 0 Å². The molecule has 0 saturated carbocycles. The van der Waals surface area contributed by atoms with Gasteiger partial charge in [-0.25, -0.2) is 0 Å². The molecule has 1 nitrogen and oxygen atoms in total. The largest absolute Gasteiger partial charge is 0.300 e. The monoisotopic (exact) mass is 160 g/mol. The standard InChI is InChI=1S/C11H12O/c1-3-10-4-6-11(7-5-10)8-9(2)12/h3-7H,1,8H2,2H3. The Hall–Kier alpha value is -1.37. The smallest absolute Gasteiger partial charge is 0.134 e. The Bertz CT molecular complexity index is 282. The zero-order valence-corrected chi connectivity index (χ0v) is 7.21. The van der Waals surface area contributed by atoms with Gasteiger partial charge in [0.2, 0.25) is 0 Å². The van der Waals surface area contributed by atoms with Crippen molar-refractivity contribution in [2.24, 2.45) is 0 Å². The number of carbonyl (C=O) groups is 1.